The van der Waals surface area contributed by atoms with Crippen LogP contribution in [0.5, 0.6) is 5.75 Å². The van der Waals surface area contributed by atoms with Crippen molar-refractivity contribution in [1.29, 1.82) is 0 Å². The topological polar surface area (TPSA) is 87.2 Å². The fraction of sp³-hybridized carbons (Fsp3) is 0.222. The van der Waals surface area contributed by atoms with Gasteiger partial charge in [0.25, 0.3) is 5.91 Å². The van der Waals surface area contributed by atoms with Gasteiger partial charge in [-0.05, 0) is 73.5 Å². The summed E-state index contributed by atoms with van der Waals surface area (Å²) >= 11 is 0. The predicted octanol–water partition coefficient (Wildman–Crippen LogP) is 4.93. The standard InChI is InChI=1S/C27H26N2O5/c1-17-16-25(29(18(2)30)21-12-8-20(9-13-21)27(32)33)23-6-4-5-7-24(23)28(17)26(31)19-10-14-22(34-3)15-11-19/h4-15,17,25H,16H2,1-3H3,(H,32,33). The molecule has 2 unspecified atom stereocenters. The van der Waals surface area contributed by atoms with Gasteiger partial charge in [-0.2, -0.15) is 0 Å². The van der Waals surface area contributed by atoms with Crippen LogP contribution in [0.25, 0.3) is 0 Å². The van der Waals surface area contributed by atoms with Crippen LogP contribution in [-0.2, 0) is 4.79 Å². The number of carbonyl (C=O) groups excluding carboxylic acids is 2. The van der Waals surface area contributed by atoms with E-state index in [1.54, 1.807) is 53.3 Å². The summed E-state index contributed by atoms with van der Waals surface area (Å²) in [5.41, 5.74) is 2.93. The van der Waals surface area contributed by atoms with Gasteiger partial charge in [0.2, 0.25) is 5.91 Å². The van der Waals surface area contributed by atoms with Gasteiger partial charge in [-0.15, -0.1) is 0 Å². The first kappa shape index (κ1) is 23.0. The van der Waals surface area contributed by atoms with E-state index in [1.165, 1.54) is 19.1 Å². The van der Waals surface area contributed by atoms with Crippen molar-refractivity contribution in [2.24, 2.45) is 0 Å². The van der Waals surface area contributed by atoms with Crippen molar-refractivity contribution in [1.82, 2.24) is 0 Å². The molecule has 0 aromatic heterocycles. The van der Waals surface area contributed by atoms with Crippen LogP contribution in [0.4, 0.5) is 11.4 Å². The van der Waals surface area contributed by atoms with Gasteiger partial charge in [0.05, 0.1) is 18.7 Å². The van der Waals surface area contributed by atoms with E-state index in [-0.39, 0.29) is 29.5 Å². The number of carboxylic acids is 1. The molecule has 3 aromatic rings. The Labute approximate surface area is 198 Å². The number of benzene rings is 3. The summed E-state index contributed by atoms with van der Waals surface area (Å²) in [5, 5.41) is 9.22. The summed E-state index contributed by atoms with van der Waals surface area (Å²) in [6.07, 6.45) is 0.527. The van der Waals surface area contributed by atoms with Gasteiger partial charge in [0.1, 0.15) is 5.75 Å². The number of amides is 2. The summed E-state index contributed by atoms with van der Waals surface area (Å²) in [6.45, 7) is 3.46. The van der Waals surface area contributed by atoms with Crippen molar-refractivity contribution in [3.05, 3.63) is 89.5 Å². The molecule has 0 aliphatic carbocycles. The van der Waals surface area contributed by atoms with Crippen molar-refractivity contribution in [2.75, 3.05) is 16.9 Å². The summed E-state index contributed by atoms with van der Waals surface area (Å²) in [4.78, 5) is 41.0. The second-order valence-corrected chi connectivity index (χ2v) is 8.30. The zero-order valence-electron chi connectivity index (χ0n) is 19.3. The lowest BCUT2D eigenvalue weighted by atomic mass is 9.89. The molecule has 1 aliphatic rings. The Hall–Kier alpha value is -4.13. The number of carboxylic acid groups (broad SMARTS) is 1. The number of hydrogen-bond donors (Lipinski definition) is 1. The molecule has 7 nitrogen and oxygen atoms in total. The summed E-state index contributed by atoms with van der Waals surface area (Å²) in [7, 11) is 1.58. The number of fused-ring (bicyclic) bond motifs is 1. The molecular formula is C27H26N2O5. The normalized spacial score (nSPS) is 17.0. The smallest absolute Gasteiger partial charge is 0.335 e. The Bertz CT molecular complexity index is 1220. The zero-order chi connectivity index (χ0) is 24.4. The van der Waals surface area contributed by atoms with Gasteiger partial charge in [-0.3, -0.25) is 9.59 Å². The second-order valence-electron chi connectivity index (χ2n) is 8.30. The number of nitrogens with zero attached hydrogens (tertiary/aromatic N) is 2. The molecule has 7 heteroatoms. The maximum absolute atomic E-state index is 13.5. The molecule has 4 rings (SSSR count). The van der Waals surface area contributed by atoms with E-state index in [9.17, 15) is 19.5 Å². The molecule has 1 heterocycles. The van der Waals surface area contributed by atoms with E-state index in [2.05, 4.69) is 0 Å². The van der Waals surface area contributed by atoms with Crippen molar-refractivity contribution in [2.45, 2.75) is 32.4 Å². The van der Waals surface area contributed by atoms with Gasteiger partial charge in [0, 0.05) is 29.9 Å². The first-order valence-electron chi connectivity index (χ1n) is 11.0. The molecule has 2 amide bonds. The Kier molecular flexibility index (Phi) is 6.36. The fourth-order valence-corrected chi connectivity index (χ4v) is 4.55. The first-order valence-corrected chi connectivity index (χ1v) is 11.0. The van der Waals surface area contributed by atoms with Crippen LogP contribution in [0.15, 0.2) is 72.8 Å². The molecule has 1 N–H and O–H groups in total. The number of anilines is 2. The summed E-state index contributed by atoms with van der Waals surface area (Å²) in [5.74, 6) is -0.633. The van der Waals surface area contributed by atoms with Crippen LogP contribution in [-0.4, -0.2) is 36.0 Å². The Balaban J connectivity index is 1.73. The zero-order valence-corrected chi connectivity index (χ0v) is 19.3. The first-order chi connectivity index (χ1) is 16.3. The van der Waals surface area contributed by atoms with E-state index in [0.717, 1.165) is 11.3 Å². The van der Waals surface area contributed by atoms with Crippen molar-refractivity contribution in [3.63, 3.8) is 0 Å². The lowest BCUT2D eigenvalue weighted by Gasteiger charge is -2.43. The summed E-state index contributed by atoms with van der Waals surface area (Å²) < 4.78 is 5.20. The Morgan fingerprint density at radius 2 is 1.56 bits per heavy atom. The Morgan fingerprint density at radius 1 is 0.941 bits per heavy atom. The molecule has 0 spiro atoms. The van der Waals surface area contributed by atoms with Crippen LogP contribution in [0.2, 0.25) is 0 Å². The van der Waals surface area contributed by atoms with E-state index in [4.69, 9.17) is 4.74 Å². The number of carbonyl (C=O) groups is 3. The maximum atomic E-state index is 13.5. The van der Waals surface area contributed by atoms with Crippen molar-refractivity contribution >= 4 is 29.2 Å². The number of ether oxygens (including phenoxy) is 1. The number of methoxy groups -OCH3 is 1. The molecule has 34 heavy (non-hydrogen) atoms. The van der Waals surface area contributed by atoms with Crippen molar-refractivity contribution < 1.29 is 24.2 Å². The highest BCUT2D eigenvalue weighted by atomic mass is 16.5. The van der Waals surface area contributed by atoms with E-state index in [0.29, 0.717) is 23.4 Å². The van der Waals surface area contributed by atoms with Gasteiger partial charge in [0.15, 0.2) is 0 Å². The molecule has 0 fully saturated rings. The average Bonchev–Trinajstić information content (AvgIpc) is 2.84. The van der Waals surface area contributed by atoms with Crippen LogP contribution < -0.4 is 14.5 Å². The van der Waals surface area contributed by atoms with Crippen LogP contribution >= 0.6 is 0 Å². The quantitative estimate of drug-likeness (QED) is 0.586. The molecule has 0 bridgehead atoms. The Morgan fingerprint density at radius 3 is 2.15 bits per heavy atom. The van der Waals surface area contributed by atoms with Crippen LogP contribution in [0.3, 0.4) is 0 Å². The molecular weight excluding hydrogens is 432 g/mol. The number of rotatable bonds is 5. The molecule has 0 radical (unpaired) electrons. The van der Waals surface area contributed by atoms with Gasteiger partial charge < -0.3 is 19.6 Å². The third-order valence-corrected chi connectivity index (χ3v) is 6.16. The lowest BCUT2D eigenvalue weighted by molar-refractivity contribution is -0.117. The van der Waals surface area contributed by atoms with Gasteiger partial charge in [-0.25, -0.2) is 4.79 Å². The lowest BCUT2D eigenvalue weighted by Crippen LogP contribution is -2.47. The van der Waals surface area contributed by atoms with Crippen LogP contribution in [0.1, 0.15) is 52.6 Å². The second kappa shape index (κ2) is 9.39. The highest BCUT2D eigenvalue weighted by molar-refractivity contribution is 6.07. The minimum atomic E-state index is -1.02. The number of hydrogen-bond acceptors (Lipinski definition) is 4. The molecule has 0 saturated carbocycles. The van der Waals surface area contributed by atoms with Gasteiger partial charge >= 0.3 is 5.97 Å². The molecule has 2 atom stereocenters. The monoisotopic (exact) mass is 458 g/mol. The third-order valence-electron chi connectivity index (χ3n) is 6.16. The minimum Gasteiger partial charge on any atom is -0.497 e. The molecule has 174 valence electrons. The molecule has 1 aliphatic heterocycles. The molecule has 0 saturated heterocycles. The van der Waals surface area contributed by atoms with E-state index >= 15 is 0 Å². The maximum Gasteiger partial charge on any atom is 0.335 e. The van der Waals surface area contributed by atoms with Gasteiger partial charge in [-0.1, -0.05) is 18.2 Å². The average molecular weight is 459 g/mol. The van der Waals surface area contributed by atoms with Crippen LogP contribution in [0, 0.1) is 0 Å². The highest BCUT2D eigenvalue weighted by Gasteiger charge is 2.38. The van der Waals surface area contributed by atoms with Crippen molar-refractivity contribution in [3.8, 4) is 5.75 Å². The SMILES string of the molecule is COc1ccc(C(=O)N2c3ccccc3C(N(C(C)=O)c3ccc(C(=O)O)cc3)CC2C)cc1. The largest absolute Gasteiger partial charge is 0.497 e. The van der Waals surface area contributed by atoms with E-state index < -0.39 is 5.97 Å². The fourth-order valence-electron chi connectivity index (χ4n) is 4.55. The minimum absolute atomic E-state index is 0.124. The van der Waals surface area contributed by atoms with E-state index in [1.807, 2.05) is 31.2 Å². The summed E-state index contributed by atoms with van der Waals surface area (Å²) in [6, 6.07) is 20.4. The third kappa shape index (κ3) is 4.24. The highest BCUT2D eigenvalue weighted by Crippen LogP contribution is 2.42. The number of para-hydroxylation sites is 1. The molecule has 3 aromatic carbocycles. The number of aromatic carboxylic acids is 1. The predicted molar refractivity (Wildman–Crippen MR) is 130 cm³/mol.